The molecule has 21 heavy (non-hydrogen) atoms. The normalized spacial score (nSPS) is 15.6. The van der Waals surface area contributed by atoms with Gasteiger partial charge < -0.3 is 14.9 Å². The zero-order valence-electron chi connectivity index (χ0n) is 11.9. The predicted octanol–water partition coefficient (Wildman–Crippen LogP) is 0.603. The van der Waals surface area contributed by atoms with Crippen molar-refractivity contribution in [2.24, 2.45) is 0 Å². The number of carbonyl (C=O) groups is 3. The first-order chi connectivity index (χ1) is 9.60. The highest BCUT2D eigenvalue weighted by Crippen LogP contribution is 2.19. The van der Waals surface area contributed by atoms with E-state index in [0.29, 0.717) is 0 Å². The average molecular weight is 299 g/mol. The van der Waals surface area contributed by atoms with E-state index in [-0.39, 0.29) is 17.7 Å². The van der Waals surface area contributed by atoms with Gasteiger partial charge in [-0.25, -0.2) is 9.59 Å². The van der Waals surface area contributed by atoms with Crippen LogP contribution in [0.5, 0.6) is 0 Å². The predicted molar refractivity (Wildman–Crippen MR) is 69.9 cm³/mol. The quantitative estimate of drug-likeness (QED) is 0.498. The summed E-state index contributed by atoms with van der Waals surface area (Å²) >= 11 is 0. The number of hydrogen-bond acceptors (Lipinski definition) is 7. The van der Waals surface area contributed by atoms with E-state index in [4.69, 9.17) is 14.7 Å². The molecule has 116 valence electrons. The van der Waals surface area contributed by atoms with Crippen LogP contribution in [0.2, 0.25) is 0 Å². The molecule has 0 amide bonds. The summed E-state index contributed by atoms with van der Waals surface area (Å²) in [6, 6.07) is 0. The number of aliphatic hydroxyl groups is 1. The van der Waals surface area contributed by atoms with Crippen LogP contribution in [0.15, 0.2) is 23.1 Å². The van der Waals surface area contributed by atoms with E-state index in [2.05, 4.69) is 5.48 Å². The fraction of sp³-hybridized carbons (Fsp3) is 0.462. The highest BCUT2D eigenvalue weighted by atomic mass is 16.7. The summed E-state index contributed by atoms with van der Waals surface area (Å²) in [6.45, 7) is 4.61. The molecular weight excluding hydrogens is 282 g/mol. The zero-order valence-corrected chi connectivity index (χ0v) is 11.9. The van der Waals surface area contributed by atoms with Gasteiger partial charge in [-0.2, -0.15) is 0 Å². The van der Waals surface area contributed by atoms with E-state index in [9.17, 15) is 19.5 Å². The number of carbonyl (C=O) groups excluding carboxylic acids is 2. The van der Waals surface area contributed by atoms with Gasteiger partial charge in [0.2, 0.25) is 5.78 Å². The molecule has 8 heteroatoms. The lowest BCUT2D eigenvalue weighted by Gasteiger charge is -2.20. The van der Waals surface area contributed by atoms with Crippen LogP contribution < -0.4 is 5.48 Å². The summed E-state index contributed by atoms with van der Waals surface area (Å²) in [6.07, 6.45) is 0.609. The Kier molecular flexibility index (Phi) is 5.09. The number of ketones is 1. The fourth-order valence-corrected chi connectivity index (χ4v) is 1.48. The minimum absolute atomic E-state index is 0.122. The van der Waals surface area contributed by atoms with Gasteiger partial charge in [-0.3, -0.25) is 15.1 Å². The van der Waals surface area contributed by atoms with Gasteiger partial charge in [0.15, 0.2) is 12.4 Å². The Balaban J connectivity index is 2.55. The number of aliphatic carboxylic acids is 1. The highest BCUT2D eigenvalue weighted by molar-refractivity contribution is 6.08. The minimum atomic E-state index is -1.28. The van der Waals surface area contributed by atoms with E-state index in [0.717, 1.165) is 6.08 Å². The van der Waals surface area contributed by atoms with Gasteiger partial charge in [-0.05, 0) is 20.8 Å². The number of ether oxygens (including phenoxy) is 1. The van der Waals surface area contributed by atoms with Crippen LogP contribution in [0.4, 0.5) is 0 Å². The summed E-state index contributed by atoms with van der Waals surface area (Å²) in [4.78, 5) is 38.4. The molecular formula is C13H17NO7. The lowest BCUT2D eigenvalue weighted by atomic mass is 10.0. The van der Waals surface area contributed by atoms with Crippen molar-refractivity contribution in [1.82, 2.24) is 5.48 Å². The van der Waals surface area contributed by atoms with Gasteiger partial charge in [0, 0.05) is 18.1 Å². The molecule has 0 spiro atoms. The number of carboxylic acids is 1. The second-order valence-corrected chi connectivity index (χ2v) is 5.32. The lowest BCUT2D eigenvalue weighted by Crippen LogP contribution is -2.30. The topological polar surface area (TPSA) is 122 Å². The molecule has 1 aliphatic carbocycles. The van der Waals surface area contributed by atoms with Crippen LogP contribution in [-0.2, 0) is 24.0 Å². The van der Waals surface area contributed by atoms with Crippen molar-refractivity contribution < 1.29 is 34.2 Å². The summed E-state index contributed by atoms with van der Waals surface area (Å²) in [5, 5.41) is 18.4. The second-order valence-electron chi connectivity index (χ2n) is 5.32. The Labute approximate surface area is 121 Å². The van der Waals surface area contributed by atoms with Crippen molar-refractivity contribution in [3.63, 3.8) is 0 Å². The fourth-order valence-electron chi connectivity index (χ4n) is 1.48. The Hall–Kier alpha value is -2.35. The van der Waals surface area contributed by atoms with Gasteiger partial charge >= 0.3 is 11.9 Å². The molecule has 0 saturated heterocycles. The van der Waals surface area contributed by atoms with Gasteiger partial charge in [-0.15, -0.1) is 0 Å². The summed E-state index contributed by atoms with van der Waals surface area (Å²) in [7, 11) is 0. The molecule has 0 aliphatic heterocycles. The molecule has 0 atom stereocenters. The number of nitrogens with one attached hydrogen (secondary N) is 1. The molecule has 0 fully saturated rings. The van der Waals surface area contributed by atoms with E-state index in [1.54, 1.807) is 20.8 Å². The largest absolute Gasteiger partial charge is 0.503 e. The first-order valence-corrected chi connectivity index (χ1v) is 6.10. The number of carboxylic acid groups (broad SMARTS) is 1. The molecule has 1 rings (SSSR count). The van der Waals surface area contributed by atoms with Crippen molar-refractivity contribution in [3.8, 4) is 0 Å². The molecule has 0 saturated carbocycles. The van der Waals surface area contributed by atoms with Gasteiger partial charge in [0.1, 0.15) is 5.60 Å². The Morgan fingerprint density at radius 1 is 1.38 bits per heavy atom. The highest BCUT2D eigenvalue weighted by Gasteiger charge is 2.24. The molecule has 0 heterocycles. The third-order valence-corrected chi connectivity index (χ3v) is 2.27. The maximum absolute atomic E-state index is 11.4. The van der Waals surface area contributed by atoms with Gasteiger partial charge in [0.25, 0.3) is 0 Å². The third-order valence-electron chi connectivity index (χ3n) is 2.27. The van der Waals surface area contributed by atoms with Crippen molar-refractivity contribution >= 4 is 17.7 Å². The molecule has 3 N–H and O–H groups in total. The molecule has 0 unspecified atom stereocenters. The SMILES string of the molecule is CC(C)(C)OC(=O)CONC1=C(O)C(=O)C=C(C(=O)O)C1. The van der Waals surface area contributed by atoms with Crippen LogP contribution in [0.3, 0.4) is 0 Å². The van der Waals surface area contributed by atoms with Crippen molar-refractivity contribution in [3.05, 3.63) is 23.1 Å². The zero-order chi connectivity index (χ0) is 16.2. The molecule has 0 bridgehead atoms. The molecule has 1 aliphatic rings. The minimum Gasteiger partial charge on any atom is -0.503 e. The summed E-state index contributed by atoms with van der Waals surface area (Å²) in [5.74, 6) is -3.42. The maximum Gasteiger partial charge on any atom is 0.335 e. The van der Waals surface area contributed by atoms with Crippen molar-refractivity contribution in [2.45, 2.75) is 32.8 Å². The van der Waals surface area contributed by atoms with E-state index in [1.807, 2.05) is 0 Å². The average Bonchev–Trinajstić information content (AvgIpc) is 2.31. The maximum atomic E-state index is 11.4. The van der Waals surface area contributed by atoms with Crippen LogP contribution in [0.1, 0.15) is 27.2 Å². The van der Waals surface area contributed by atoms with Gasteiger partial charge in [-0.1, -0.05) is 0 Å². The number of aliphatic hydroxyl groups excluding tert-OH is 1. The number of allylic oxidation sites excluding steroid dienone is 2. The number of hydrogen-bond donors (Lipinski definition) is 3. The van der Waals surface area contributed by atoms with Crippen LogP contribution in [-0.4, -0.2) is 40.1 Å². The Morgan fingerprint density at radius 2 is 2.00 bits per heavy atom. The first kappa shape index (κ1) is 16.7. The van der Waals surface area contributed by atoms with E-state index >= 15 is 0 Å². The monoisotopic (exact) mass is 299 g/mol. The number of hydroxylamine groups is 1. The first-order valence-electron chi connectivity index (χ1n) is 6.10. The van der Waals surface area contributed by atoms with E-state index < -0.39 is 35.7 Å². The smallest absolute Gasteiger partial charge is 0.335 e. The number of esters is 1. The molecule has 0 aromatic rings. The summed E-state index contributed by atoms with van der Waals surface area (Å²) in [5.41, 5.74) is 1.23. The van der Waals surface area contributed by atoms with Gasteiger partial charge in [0.05, 0.1) is 5.70 Å². The molecule has 0 aromatic heterocycles. The lowest BCUT2D eigenvalue weighted by molar-refractivity contribution is -0.162. The molecule has 8 nitrogen and oxygen atoms in total. The third kappa shape index (κ3) is 5.27. The molecule has 0 radical (unpaired) electrons. The second kappa shape index (κ2) is 6.40. The standard InChI is InChI=1S/C13H17NO7/c1-13(2,3)21-10(16)6-20-14-8-4-7(12(18)19)5-9(15)11(8)17/h5,14,17H,4,6H2,1-3H3,(H,18,19). The van der Waals surface area contributed by atoms with Crippen LogP contribution in [0, 0.1) is 0 Å². The van der Waals surface area contributed by atoms with Crippen molar-refractivity contribution in [1.29, 1.82) is 0 Å². The van der Waals surface area contributed by atoms with E-state index in [1.165, 1.54) is 0 Å². The summed E-state index contributed by atoms with van der Waals surface area (Å²) < 4.78 is 4.98. The molecule has 0 aromatic carbocycles. The van der Waals surface area contributed by atoms with Crippen LogP contribution >= 0.6 is 0 Å². The Bertz CT molecular complexity index is 525. The number of rotatable bonds is 5. The van der Waals surface area contributed by atoms with Crippen molar-refractivity contribution in [2.75, 3.05) is 6.61 Å². The Morgan fingerprint density at radius 3 is 2.52 bits per heavy atom. The van der Waals surface area contributed by atoms with Crippen LogP contribution in [0.25, 0.3) is 0 Å².